The Labute approximate surface area is 55.5 Å². The van der Waals surface area contributed by atoms with Crippen LogP contribution in [0.1, 0.15) is 0 Å². The molecule has 46 valence electrons. The van der Waals surface area contributed by atoms with Gasteiger partial charge < -0.3 is 0 Å². The molecule has 0 fully saturated rings. The molecule has 0 N–H and O–H groups in total. The summed E-state index contributed by atoms with van der Waals surface area (Å²) in [6.07, 6.45) is 0. The summed E-state index contributed by atoms with van der Waals surface area (Å²) in [7, 11) is 2.53. The third-order valence-electron chi connectivity index (χ3n) is 0.998. The second-order valence-corrected chi connectivity index (χ2v) is 2.35. The van der Waals surface area contributed by atoms with Crippen molar-refractivity contribution in [1.82, 2.24) is 0 Å². The minimum absolute atomic E-state index is 0.473. The highest BCUT2D eigenvalue weighted by Crippen LogP contribution is 2.07. The first kappa shape index (κ1) is 6.37. The summed E-state index contributed by atoms with van der Waals surface area (Å²) in [5, 5.41) is 3.81. The molecule has 1 unspecified atom stereocenters. The first-order valence-corrected chi connectivity index (χ1v) is 3.09. The average molecular weight is 139 g/mol. The van der Waals surface area contributed by atoms with Crippen LogP contribution < -0.4 is 5.30 Å². The molecule has 0 saturated heterocycles. The molecule has 0 saturated carbocycles. The topological polar surface area (TPSA) is 29.4 Å². The quantitative estimate of drug-likeness (QED) is 0.429. The Kier molecular flexibility index (Phi) is 1.91. The molecular formula is C6H6NOP. The minimum Gasteiger partial charge on any atom is -0.145 e. The first-order chi connectivity index (χ1) is 4.33. The molecule has 0 aliphatic rings. The van der Waals surface area contributed by atoms with Crippen LogP contribution in [0, 0.1) is 4.91 Å². The summed E-state index contributed by atoms with van der Waals surface area (Å²) in [5.74, 6) is 0. The molecule has 0 radical (unpaired) electrons. The van der Waals surface area contributed by atoms with Crippen molar-refractivity contribution < 1.29 is 0 Å². The van der Waals surface area contributed by atoms with Crippen LogP contribution in [0.25, 0.3) is 0 Å². The lowest BCUT2D eigenvalue weighted by Gasteiger charge is -1.88. The Morgan fingerprint density at radius 1 is 1.22 bits per heavy atom. The van der Waals surface area contributed by atoms with Crippen molar-refractivity contribution in [3.8, 4) is 0 Å². The van der Waals surface area contributed by atoms with Crippen molar-refractivity contribution in [2.24, 2.45) is 5.18 Å². The highest BCUT2D eigenvalue weighted by Gasteiger charge is 1.86. The van der Waals surface area contributed by atoms with Crippen LogP contribution in [0.3, 0.4) is 0 Å². The van der Waals surface area contributed by atoms with Crippen LogP contribution in [0.2, 0.25) is 0 Å². The van der Waals surface area contributed by atoms with E-state index in [1.165, 1.54) is 0 Å². The van der Waals surface area contributed by atoms with E-state index in [4.69, 9.17) is 0 Å². The van der Waals surface area contributed by atoms with Crippen molar-refractivity contribution in [1.29, 1.82) is 0 Å². The molecule has 1 aromatic carbocycles. The summed E-state index contributed by atoms with van der Waals surface area (Å²) in [4.78, 5) is 9.86. The van der Waals surface area contributed by atoms with E-state index in [2.05, 4.69) is 14.4 Å². The molecule has 1 rings (SSSR count). The van der Waals surface area contributed by atoms with Crippen molar-refractivity contribution in [2.45, 2.75) is 0 Å². The second-order valence-electron chi connectivity index (χ2n) is 1.68. The Bertz CT molecular complexity index is 207. The van der Waals surface area contributed by atoms with Crippen molar-refractivity contribution in [2.75, 3.05) is 0 Å². The van der Waals surface area contributed by atoms with Crippen LogP contribution in [0.5, 0.6) is 0 Å². The molecule has 1 aromatic rings. The van der Waals surface area contributed by atoms with E-state index in [9.17, 15) is 4.91 Å². The summed E-state index contributed by atoms with van der Waals surface area (Å²) >= 11 is 0. The van der Waals surface area contributed by atoms with Crippen molar-refractivity contribution in [3.05, 3.63) is 29.2 Å². The predicted molar refractivity (Wildman–Crippen MR) is 41.2 cm³/mol. The van der Waals surface area contributed by atoms with Gasteiger partial charge in [-0.1, -0.05) is 12.1 Å². The maximum absolute atomic E-state index is 9.86. The van der Waals surface area contributed by atoms with Gasteiger partial charge in [0.2, 0.25) is 0 Å². The highest BCUT2D eigenvalue weighted by molar-refractivity contribution is 7.27. The molecule has 0 aliphatic heterocycles. The van der Waals surface area contributed by atoms with E-state index in [1.807, 2.05) is 12.1 Å². The van der Waals surface area contributed by atoms with Crippen LogP contribution in [0.15, 0.2) is 29.4 Å². The highest BCUT2D eigenvalue weighted by atomic mass is 31.0. The standard InChI is InChI=1S/C6H6NOP/c8-7-5-1-3-6(9)4-2-5/h1-4H,9H2. The van der Waals surface area contributed by atoms with E-state index < -0.39 is 0 Å². The zero-order chi connectivity index (χ0) is 6.69. The van der Waals surface area contributed by atoms with Gasteiger partial charge in [-0.15, -0.1) is 14.1 Å². The van der Waals surface area contributed by atoms with E-state index >= 15 is 0 Å². The smallest absolute Gasteiger partial charge is 0.108 e. The van der Waals surface area contributed by atoms with Gasteiger partial charge in [-0.25, -0.2) is 0 Å². The van der Waals surface area contributed by atoms with Gasteiger partial charge in [0.05, 0.1) is 0 Å². The van der Waals surface area contributed by atoms with E-state index in [1.54, 1.807) is 12.1 Å². The maximum atomic E-state index is 9.86. The maximum Gasteiger partial charge on any atom is 0.108 e. The number of nitrogens with zero attached hydrogens (tertiary/aromatic N) is 1. The van der Waals surface area contributed by atoms with Gasteiger partial charge in [0.15, 0.2) is 0 Å². The molecule has 0 aliphatic carbocycles. The fourth-order valence-electron chi connectivity index (χ4n) is 0.535. The lowest BCUT2D eigenvalue weighted by atomic mass is 10.3. The molecular weight excluding hydrogens is 133 g/mol. The lowest BCUT2D eigenvalue weighted by Crippen LogP contribution is -1.83. The summed E-state index contributed by atoms with van der Waals surface area (Å²) < 4.78 is 0. The predicted octanol–water partition coefficient (Wildman–Crippen LogP) is 1.58. The van der Waals surface area contributed by atoms with Gasteiger partial charge >= 0.3 is 0 Å². The van der Waals surface area contributed by atoms with Crippen molar-refractivity contribution >= 4 is 20.2 Å². The van der Waals surface area contributed by atoms with Crippen LogP contribution in [0.4, 0.5) is 5.69 Å². The van der Waals surface area contributed by atoms with Crippen molar-refractivity contribution in [3.63, 3.8) is 0 Å². The summed E-state index contributed by atoms with van der Waals surface area (Å²) in [5.41, 5.74) is 0.473. The molecule has 3 heteroatoms. The molecule has 0 heterocycles. The third-order valence-corrected chi connectivity index (χ3v) is 1.38. The molecule has 0 bridgehead atoms. The van der Waals surface area contributed by atoms with Gasteiger partial charge in [0.25, 0.3) is 0 Å². The Hall–Kier alpha value is -0.750. The van der Waals surface area contributed by atoms with E-state index in [0.29, 0.717) is 5.69 Å². The fraction of sp³-hybridized carbons (Fsp3) is 0. The fourth-order valence-corrected chi connectivity index (χ4v) is 0.728. The van der Waals surface area contributed by atoms with E-state index in [0.717, 1.165) is 5.30 Å². The van der Waals surface area contributed by atoms with Gasteiger partial charge in [-0.05, 0) is 22.6 Å². The minimum atomic E-state index is 0.473. The van der Waals surface area contributed by atoms with Gasteiger partial charge in [0, 0.05) is 0 Å². The van der Waals surface area contributed by atoms with E-state index in [-0.39, 0.29) is 0 Å². The zero-order valence-corrected chi connectivity index (χ0v) is 5.90. The number of benzene rings is 1. The molecule has 0 amide bonds. The molecule has 9 heavy (non-hydrogen) atoms. The Morgan fingerprint density at radius 3 is 2.22 bits per heavy atom. The SMILES string of the molecule is O=Nc1ccc(P)cc1. The zero-order valence-electron chi connectivity index (χ0n) is 4.74. The van der Waals surface area contributed by atoms with Gasteiger partial charge in [0.1, 0.15) is 5.69 Å². The molecule has 1 atom stereocenters. The molecule has 0 aromatic heterocycles. The number of nitroso groups, excluding NO2 is 1. The van der Waals surface area contributed by atoms with Crippen LogP contribution in [-0.2, 0) is 0 Å². The average Bonchev–Trinajstić information content (AvgIpc) is 1.90. The molecule has 2 nitrogen and oxygen atoms in total. The summed E-state index contributed by atoms with van der Waals surface area (Å²) in [6.45, 7) is 0. The third kappa shape index (κ3) is 1.58. The number of hydrogen-bond acceptors (Lipinski definition) is 2. The second kappa shape index (κ2) is 2.70. The monoisotopic (exact) mass is 139 g/mol. The Morgan fingerprint density at radius 2 is 1.78 bits per heavy atom. The number of hydrogen-bond donors (Lipinski definition) is 0. The number of rotatable bonds is 1. The van der Waals surface area contributed by atoms with Gasteiger partial charge in [-0.3, -0.25) is 0 Å². The van der Waals surface area contributed by atoms with Crippen LogP contribution in [-0.4, -0.2) is 0 Å². The molecule has 0 spiro atoms. The van der Waals surface area contributed by atoms with Crippen LogP contribution >= 0.6 is 9.24 Å². The first-order valence-electron chi connectivity index (χ1n) is 2.52. The summed E-state index contributed by atoms with van der Waals surface area (Å²) in [6, 6.07) is 6.99. The Balaban J connectivity index is 3.01. The largest absolute Gasteiger partial charge is 0.145 e. The normalized spacial score (nSPS) is 9.00. The lowest BCUT2D eigenvalue weighted by molar-refractivity contribution is 1.51. The van der Waals surface area contributed by atoms with Gasteiger partial charge in [-0.2, -0.15) is 0 Å².